The number of carboxylic acid groups (broad SMARTS) is 1. The summed E-state index contributed by atoms with van der Waals surface area (Å²) in [5, 5.41) is 8.57. The summed E-state index contributed by atoms with van der Waals surface area (Å²) < 4.78 is 4.92. The SMILES string of the molecule is CC(=O)OCC1C=C(C(=O)O)N2C(=O)C(N=C(C)C)[C@H]2S1.Cl. The van der Waals surface area contributed by atoms with Gasteiger partial charge in [0.25, 0.3) is 5.91 Å². The number of carbonyl (C=O) groups is 3. The zero-order valence-electron chi connectivity index (χ0n) is 12.3. The normalized spacial score (nSPS) is 26.0. The lowest BCUT2D eigenvalue weighted by molar-refractivity contribution is -0.148. The summed E-state index contributed by atoms with van der Waals surface area (Å²) in [6.45, 7) is 4.94. The van der Waals surface area contributed by atoms with Crippen molar-refractivity contribution in [2.45, 2.75) is 37.4 Å². The molecule has 9 heteroatoms. The number of hydrogen-bond donors (Lipinski definition) is 1. The molecule has 0 aromatic rings. The monoisotopic (exact) mass is 348 g/mol. The first-order valence-electron chi connectivity index (χ1n) is 6.39. The molecule has 0 bridgehead atoms. The molecule has 2 unspecified atom stereocenters. The van der Waals surface area contributed by atoms with Crippen molar-refractivity contribution in [3.8, 4) is 0 Å². The second-order valence-corrected chi connectivity index (χ2v) is 6.31. The first-order chi connectivity index (χ1) is 9.81. The van der Waals surface area contributed by atoms with Crippen molar-refractivity contribution in [2.24, 2.45) is 4.99 Å². The number of hydrogen-bond acceptors (Lipinski definition) is 6. The third-order valence-corrected chi connectivity index (χ3v) is 4.37. The van der Waals surface area contributed by atoms with E-state index in [0.29, 0.717) is 0 Å². The van der Waals surface area contributed by atoms with Gasteiger partial charge in [0.2, 0.25) is 0 Å². The Bertz CT molecular complexity index is 559. The van der Waals surface area contributed by atoms with Crippen LogP contribution in [0.3, 0.4) is 0 Å². The van der Waals surface area contributed by atoms with Crippen LogP contribution in [0, 0.1) is 0 Å². The highest BCUT2D eigenvalue weighted by molar-refractivity contribution is 8.00. The number of carboxylic acids is 1. The van der Waals surface area contributed by atoms with Crippen LogP contribution in [0.4, 0.5) is 0 Å². The minimum absolute atomic E-state index is 0. The summed E-state index contributed by atoms with van der Waals surface area (Å²) in [5.41, 5.74) is 0.692. The molecule has 0 aliphatic carbocycles. The molecular formula is C13H17ClN2O5S. The number of carbonyl (C=O) groups excluding carboxylic acids is 2. The Balaban J connectivity index is 0.00000242. The van der Waals surface area contributed by atoms with Crippen LogP contribution >= 0.6 is 24.2 Å². The van der Waals surface area contributed by atoms with Gasteiger partial charge in [-0.2, -0.15) is 0 Å². The van der Waals surface area contributed by atoms with Crippen LogP contribution in [0.25, 0.3) is 0 Å². The topological polar surface area (TPSA) is 96.3 Å². The number of thioether (sulfide) groups is 1. The van der Waals surface area contributed by atoms with E-state index in [1.54, 1.807) is 13.8 Å². The van der Waals surface area contributed by atoms with Crippen LogP contribution in [0.5, 0.6) is 0 Å². The van der Waals surface area contributed by atoms with Gasteiger partial charge in [0.1, 0.15) is 17.7 Å². The third kappa shape index (κ3) is 3.61. The van der Waals surface area contributed by atoms with Gasteiger partial charge in [0.15, 0.2) is 6.04 Å². The van der Waals surface area contributed by atoms with Crippen LogP contribution in [0.15, 0.2) is 16.8 Å². The summed E-state index contributed by atoms with van der Waals surface area (Å²) in [6.07, 6.45) is 1.45. The van der Waals surface area contributed by atoms with Gasteiger partial charge in [-0.3, -0.25) is 19.5 Å². The summed E-state index contributed by atoms with van der Waals surface area (Å²) in [7, 11) is 0. The second kappa shape index (κ2) is 7.15. The summed E-state index contributed by atoms with van der Waals surface area (Å²) in [4.78, 5) is 39.7. The van der Waals surface area contributed by atoms with E-state index in [0.717, 1.165) is 5.71 Å². The van der Waals surface area contributed by atoms with Gasteiger partial charge in [0.05, 0.1) is 5.25 Å². The molecule has 2 rings (SSSR count). The number of nitrogens with zero attached hydrogens (tertiary/aromatic N) is 2. The maximum Gasteiger partial charge on any atom is 0.352 e. The van der Waals surface area contributed by atoms with Crippen LogP contribution < -0.4 is 0 Å². The number of esters is 1. The Morgan fingerprint density at radius 2 is 2.05 bits per heavy atom. The fourth-order valence-electron chi connectivity index (χ4n) is 2.17. The minimum Gasteiger partial charge on any atom is -0.477 e. The molecule has 1 amide bonds. The van der Waals surface area contributed by atoms with Gasteiger partial charge in [-0.1, -0.05) is 0 Å². The molecule has 0 aromatic heterocycles. The lowest BCUT2D eigenvalue weighted by Gasteiger charge is -2.48. The van der Waals surface area contributed by atoms with Crippen molar-refractivity contribution >= 4 is 47.7 Å². The molecule has 2 aliphatic rings. The van der Waals surface area contributed by atoms with Crippen molar-refractivity contribution in [3.63, 3.8) is 0 Å². The highest BCUT2D eigenvalue weighted by Crippen LogP contribution is 2.42. The van der Waals surface area contributed by atoms with Crippen LogP contribution in [0.2, 0.25) is 0 Å². The molecule has 1 saturated heterocycles. The zero-order valence-corrected chi connectivity index (χ0v) is 13.9. The molecule has 0 aromatic carbocycles. The fraction of sp³-hybridized carbons (Fsp3) is 0.538. The number of fused-ring (bicyclic) bond motifs is 1. The van der Waals surface area contributed by atoms with Crippen molar-refractivity contribution in [3.05, 3.63) is 11.8 Å². The first kappa shape index (κ1) is 18.5. The van der Waals surface area contributed by atoms with E-state index in [4.69, 9.17) is 4.74 Å². The number of β-lactam (4-membered cyclic amide) rings is 1. The van der Waals surface area contributed by atoms with Crippen LogP contribution in [-0.4, -0.2) is 56.8 Å². The summed E-state index contributed by atoms with van der Waals surface area (Å²) >= 11 is 1.38. The Morgan fingerprint density at radius 3 is 2.55 bits per heavy atom. The fourth-order valence-corrected chi connectivity index (χ4v) is 3.55. The van der Waals surface area contributed by atoms with Gasteiger partial charge < -0.3 is 9.84 Å². The minimum atomic E-state index is -1.17. The maximum atomic E-state index is 12.0. The molecule has 1 fully saturated rings. The average molecular weight is 349 g/mol. The van der Waals surface area contributed by atoms with Crippen molar-refractivity contribution < 1.29 is 24.2 Å². The zero-order chi connectivity index (χ0) is 15.7. The molecule has 22 heavy (non-hydrogen) atoms. The predicted molar refractivity (Wildman–Crippen MR) is 84.2 cm³/mol. The number of ether oxygens (including phenoxy) is 1. The summed E-state index contributed by atoms with van der Waals surface area (Å²) in [6, 6.07) is -0.567. The number of rotatable bonds is 4. The number of aliphatic imine (C=N–C) groups is 1. The Morgan fingerprint density at radius 1 is 1.41 bits per heavy atom. The molecule has 7 nitrogen and oxygen atoms in total. The average Bonchev–Trinajstić information content (AvgIpc) is 2.40. The second-order valence-electron chi connectivity index (χ2n) is 4.95. The van der Waals surface area contributed by atoms with Crippen LogP contribution in [0.1, 0.15) is 20.8 Å². The lowest BCUT2D eigenvalue weighted by atomic mass is 10.1. The van der Waals surface area contributed by atoms with Gasteiger partial charge in [-0.15, -0.1) is 24.2 Å². The molecule has 2 aliphatic heterocycles. The number of amides is 1. The predicted octanol–water partition coefficient (Wildman–Crippen LogP) is 1.07. The molecule has 3 atom stereocenters. The van der Waals surface area contributed by atoms with E-state index >= 15 is 0 Å². The van der Waals surface area contributed by atoms with E-state index in [1.807, 2.05) is 0 Å². The highest BCUT2D eigenvalue weighted by Gasteiger charge is 2.53. The molecule has 2 heterocycles. The summed E-state index contributed by atoms with van der Waals surface area (Å²) in [5.74, 6) is -1.91. The van der Waals surface area contributed by atoms with E-state index in [1.165, 1.54) is 29.7 Å². The van der Waals surface area contributed by atoms with E-state index in [9.17, 15) is 19.5 Å². The van der Waals surface area contributed by atoms with Crippen molar-refractivity contribution in [2.75, 3.05) is 6.61 Å². The maximum absolute atomic E-state index is 12.0. The van der Waals surface area contributed by atoms with Gasteiger partial charge in [-0.05, 0) is 19.9 Å². The third-order valence-electron chi connectivity index (χ3n) is 3.00. The molecule has 1 N–H and O–H groups in total. The highest BCUT2D eigenvalue weighted by atomic mass is 35.5. The Hall–Kier alpha value is -1.54. The largest absolute Gasteiger partial charge is 0.477 e. The Labute approximate surface area is 138 Å². The quantitative estimate of drug-likeness (QED) is 0.464. The van der Waals surface area contributed by atoms with Gasteiger partial charge in [0, 0.05) is 12.6 Å². The van der Waals surface area contributed by atoms with E-state index < -0.39 is 18.0 Å². The number of aliphatic carboxylic acids is 1. The van der Waals surface area contributed by atoms with Crippen molar-refractivity contribution in [1.82, 2.24) is 4.90 Å². The molecular weight excluding hydrogens is 332 g/mol. The Kier molecular flexibility index (Phi) is 6.01. The van der Waals surface area contributed by atoms with Crippen molar-refractivity contribution in [1.29, 1.82) is 0 Å². The molecule has 122 valence electrons. The van der Waals surface area contributed by atoms with E-state index in [-0.39, 0.29) is 41.2 Å². The first-order valence-corrected chi connectivity index (χ1v) is 7.33. The van der Waals surface area contributed by atoms with Crippen LogP contribution in [-0.2, 0) is 19.1 Å². The van der Waals surface area contributed by atoms with E-state index in [2.05, 4.69) is 4.99 Å². The van der Waals surface area contributed by atoms with Gasteiger partial charge >= 0.3 is 11.9 Å². The lowest BCUT2D eigenvalue weighted by Crippen LogP contribution is -2.64. The standard InChI is InChI=1S/C13H16N2O5S.ClH/c1-6(2)14-10-11(17)15-9(13(18)19)4-8(21-12(10)15)5-20-7(3)16;/h4,8,10,12H,5H2,1-3H3,(H,18,19);1H/t8?,10?,12-;/m1./s1. The number of halogens is 1. The molecule has 0 saturated carbocycles. The van der Waals surface area contributed by atoms with Gasteiger partial charge in [-0.25, -0.2) is 4.79 Å². The molecule has 0 radical (unpaired) electrons. The molecule has 0 spiro atoms. The smallest absolute Gasteiger partial charge is 0.352 e.